The normalized spacial score (nSPS) is 17.2. The molecule has 7 nitrogen and oxygen atoms in total. The third-order valence-corrected chi connectivity index (χ3v) is 5.49. The molecular formula is C20H25N3O4S. The second kappa shape index (κ2) is 10.3. The van der Waals surface area contributed by atoms with Crippen molar-refractivity contribution in [1.82, 2.24) is 15.6 Å². The molecule has 150 valence electrons. The van der Waals surface area contributed by atoms with Crippen LogP contribution in [0.3, 0.4) is 0 Å². The van der Waals surface area contributed by atoms with Gasteiger partial charge in [-0.3, -0.25) is 4.79 Å². The van der Waals surface area contributed by atoms with Crippen molar-refractivity contribution in [2.75, 3.05) is 18.9 Å². The quantitative estimate of drug-likeness (QED) is 0.622. The minimum absolute atomic E-state index is 0.0452. The molecule has 28 heavy (non-hydrogen) atoms. The highest BCUT2D eigenvalue weighted by atomic mass is 32.2. The van der Waals surface area contributed by atoms with E-state index in [1.165, 1.54) is 6.26 Å². The average Bonchev–Trinajstić information content (AvgIpc) is 3.39. The lowest BCUT2D eigenvalue weighted by atomic mass is 10.2. The number of benzene rings is 1. The van der Waals surface area contributed by atoms with Gasteiger partial charge in [0.15, 0.2) is 5.69 Å². The zero-order chi connectivity index (χ0) is 19.8. The van der Waals surface area contributed by atoms with Crippen molar-refractivity contribution < 1.29 is 18.7 Å². The van der Waals surface area contributed by atoms with Crippen molar-refractivity contribution in [2.45, 2.75) is 37.6 Å². The Labute approximate surface area is 168 Å². The van der Waals surface area contributed by atoms with Crippen LogP contribution in [0, 0.1) is 0 Å². The number of aromatic nitrogens is 1. The van der Waals surface area contributed by atoms with E-state index in [1.807, 2.05) is 30.3 Å². The molecule has 2 aromatic rings. The third-order valence-electron chi connectivity index (χ3n) is 4.39. The highest BCUT2D eigenvalue weighted by molar-refractivity contribution is 7.98. The van der Waals surface area contributed by atoms with E-state index in [0.29, 0.717) is 11.6 Å². The number of oxazole rings is 1. The van der Waals surface area contributed by atoms with Crippen molar-refractivity contribution in [3.63, 3.8) is 0 Å². The van der Waals surface area contributed by atoms with Crippen LogP contribution in [-0.4, -0.2) is 41.8 Å². The first-order valence-corrected chi connectivity index (χ1v) is 10.6. The number of thioether (sulfide) groups is 1. The summed E-state index contributed by atoms with van der Waals surface area (Å²) in [4.78, 5) is 29.1. The van der Waals surface area contributed by atoms with Gasteiger partial charge in [0.1, 0.15) is 12.3 Å². The first-order valence-electron chi connectivity index (χ1n) is 9.45. The number of hydrogen-bond acceptors (Lipinski definition) is 7. The predicted octanol–water partition coefficient (Wildman–Crippen LogP) is 2.69. The molecule has 1 aliphatic heterocycles. The molecule has 8 heteroatoms. The maximum atomic E-state index is 12.6. The van der Waals surface area contributed by atoms with Crippen LogP contribution in [0.15, 0.2) is 41.0 Å². The van der Waals surface area contributed by atoms with Crippen LogP contribution in [0.25, 0.3) is 0 Å². The van der Waals surface area contributed by atoms with E-state index < -0.39 is 17.9 Å². The number of ether oxygens (including phenoxy) is 1. The topological polar surface area (TPSA) is 93.5 Å². The minimum atomic E-state index is -0.745. The number of nitrogens with one attached hydrogen (secondary N) is 2. The Kier molecular flexibility index (Phi) is 7.50. The van der Waals surface area contributed by atoms with E-state index in [0.717, 1.165) is 30.7 Å². The Balaban J connectivity index is 1.58. The van der Waals surface area contributed by atoms with Gasteiger partial charge < -0.3 is 19.8 Å². The molecule has 1 aliphatic rings. The Morgan fingerprint density at radius 2 is 2.21 bits per heavy atom. The van der Waals surface area contributed by atoms with Gasteiger partial charge in [-0.05, 0) is 31.9 Å². The maximum Gasteiger partial charge on any atom is 0.329 e. The highest BCUT2D eigenvalue weighted by Crippen LogP contribution is 2.22. The fourth-order valence-electron chi connectivity index (χ4n) is 2.96. The fourth-order valence-corrected chi connectivity index (χ4v) is 3.96. The van der Waals surface area contributed by atoms with Gasteiger partial charge in [0.2, 0.25) is 5.89 Å². The molecule has 2 heterocycles. The Hall–Kier alpha value is -2.32. The number of rotatable bonds is 9. The summed E-state index contributed by atoms with van der Waals surface area (Å²) in [6, 6.07) is 9.26. The van der Waals surface area contributed by atoms with Crippen LogP contribution in [-0.2, 0) is 15.3 Å². The fraction of sp³-hybridized carbons (Fsp3) is 0.450. The smallest absolute Gasteiger partial charge is 0.329 e. The van der Waals surface area contributed by atoms with Gasteiger partial charge >= 0.3 is 5.97 Å². The molecule has 0 bridgehead atoms. The SMILES string of the molecule is CCOC(=O)C(CSCc1ccccc1)NC(=O)c1coc(C2CCCN2)n1. The zero-order valence-corrected chi connectivity index (χ0v) is 16.7. The standard InChI is InChI=1S/C20H25N3O4S/c1-2-26-20(25)17(13-28-12-14-7-4-3-5-8-14)22-18(24)16-11-27-19(23-16)15-9-6-10-21-15/h3-5,7-8,11,15,17,21H,2,6,9-10,12-13H2,1H3,(H,22,24). The van der Waals surface area contributed by atoms with Crippen molar-refractivity contribution in [3.8, 4) is 0 Å². The van der Waals surface area contributed by atoms with E-state index in [4.69, 9.17) is 9.15 Å². The Bertz CT molecular complexity index is 775. The lowest BCUT2D eigenvalue weighted by Crippen LogP contribution is -2.43. The molecule has 2 N–H and O–H groups in total. The highest BCUT2D eigenvalue weighted by Gasteiger charge is 2.26. The van der Waals surface area contributed by atoms with Gasteiger partial charge in [0.05, 0.1) is 12.6 Å². The second-order valence-corrected chi connectivity index (χ2v) is 7.53. The van der Waals surface area contributed by atoms with Gasteiger partial charge in [-0.2, -0.15) is 11.8 Å². The number of carbonyl (C=O) groups excluding carboxylic acids is 2. The van der Waals surface area contributed by atoms with Crippen LogP contribution in [0.2, 0.25) is 0 Å². The summed E-state index contributed by atoms with van der Waals surface area (Å²) >= 11 is 1.56. The molecule has 0 spiro atoms. The monoisotopic (exact) mass is 403 g/mol. The number of esters is 1. The van der Waals surface area contributed by atoms with Crippen molar-refractivity contribution in [1.29, 1.82) is 0 Å². The van der Waals surface area contributed by atoms with E-state index in [9.17, 15) is 9.59 Å². The zero-order valence-electron chi connectivity index (χ0n) is 15.8. The van der Waals surface area contributed by atoms with Crippen molar-refractivity contribution in [3.05, 3.63) is 53.7 Å². The summed E-state index contributed by atoms with van der Waals surface area (Å²) in [5.74, 6) is 0.778. The van der Waals surface area contributed by atoms with Crippen molar-refractivity contribution in [2.24, 2.45) is 0 Å². The summed E-state index contributed by atoms with van der Waals surface area (Å²) < 4.78 is 10.6. The van der Waals surface area contributed by atoms with E-state index in [1.54, 1.807) is 18.7 Å². The van der Waals surface area contributed by atoms with Crippen LogP contribution >= 0.6 is 11.8 Å². The predicted molar refractivity (Wildman–Crippen MR) is 107 cm³/mol. The van der Waals surface area contributed by atoms with Crippen LogP contribution < -0.4 is 10.6 Å². The molecule has 1 fully saturated rings. The third kappa shape index (κ3) is 5.59. The summed E-state index contributed by atoms with van der Waals surface area (Å²) in [6.45, 7) is 2.92. The second-order valence-electron chi connectivity index (χ2n) is 6.50. The molecule has 0 saturated carbocycles. The van der Waals surface area contributed by atoms with Gasteiger partial charge in [-0.15, -0.1) is 0 Å². The summed E-state index contributed by atoms with van der Waals surface area (Å²) in [5, 5.41) is 6.01. The molecule has 1 aromatic heterocycles. The Morgan fingerprint density at radius 3 is 2.93 bits per heavy atom. The van der Waals surface area contributed by atoms with Crippen molar-refractivity contribution >= 4 is 23.6 Å². The van der Waals surface area contributed by atoms with E-state index in [2.05, 4.69) is 15.6 Å². The van der Waals surface area contributed by atoms with Gasteiger partial charge in [-0.1, -0.05) is 30.3 Å². The summed E-state index contributed by atoms with van der Waals surface area (Å²) in [5.41, 5.74) is 1.33. The maximum absolute atomic E-state index is 12.6. The molecule has 2 atom stereocenters. The number of amides is 1. The first kappa shape index (κ1) is 20.4. The van der Waals surface area contributed by atoms with Gasteiger partial charge in [-0.25, -0.2) is 9.78 Å². The number of hydrogen-bond donors (Lipinski definition) is 2. The average molecular weight is 404 g/mol. The molecule has 1 saturated heterocycles. The molecular weight excluding hydrogens is 378 g/mol. The largest absolute Gasteiger partial charge is 0.464 e. The molecule has 0 radical (unpaired) electrons. The molecule has 3 rings (SSSR count). The van der Waals surface area contributed by atoms with Gasteiger partial charge in [0.25, 0.3) is 5.91 Å². The van der Waals surface area contributed by atoms with Crippen LogP contribution in [0.4, 0.5) is 0 Å². The van der Waals surface area contributed by atoms with Crippen LogP contribution in [0.5, 0.6) is 0 Å². The molecule has 1 amide bonds. The first-order chi connectivity index (χ1) is 13.7. The van der Waals surface area contributed by atoms with E-state index >= 15 is 0 Å². The van der Waals surface area contributed by atoms with E-state index in [-0.39, 0.29) is 18.3 Å². The van der Waals surface area contributed by atoms with Gasteiger partial charge in [0, 0.05) is 11.5 Å². The summed E-state index contributed by atoms with van der Waals surface area (Å²) in [7, 11) is 0. The molecule has 2 unspecified atom stereocenters. The van der Waals surface area contributed by atoms with Crippen LogP contribution in [0.1, 0.15) is 47.7 Å². The number of carbonyl (C=O) groups is 2. The molecule has 1 aromatic carbocycles. The minimum Gasteiger partial charge on any atom is -0.464 e. The number of nitrogens with zero attached hydrogens (tertiary/aromatic N) is 1. The lowest BCUT2D eigenvalue weighted by Gasteiger charge is -2.16. The Morgan fingerprint density at radius 1 is 1.39 bits per heavy atom. The molecule has 0 aliphatic carbocycles. The lowest BCUT2D eigenvalue weighted by molar-refractivity contribution is -0.144. The summed E-state index contributed by atoms with van der Waals surface area (Å²) in [6.07, 6.45) is 3.32.